The van der Waals surface area contributed by atoms with Crippen molar-refractivity contribution in [1.29, 1.82) is 0 Å². The Bertz CT molecular complexity index is 744. The monoisotopic (exact) mass is 320 g/mol. The molecule has 0 fully saturated rings. The van der Waals surface area contributed by atoms with Crippen LogP contribution in [0.1, 0.15) is 5.89 Å². The van der Waals surface area contributed by atoms with Gasteiger partial charge in [-0.25, -0.2) is 4.98 Å². The second kappa shape index (κ2) is 4.38. The number of H-pyrrole nitrogens is 1. The second-order valence-electron chi connectivity index (χ2n) is 4.55. The minimum absolute atomic E-state index is 0.671. The molecule has 2 heterocycles. The van der Waals surface area contributed by atoms with Crippen LogP contribution in [0.5, 0.6) is 0 Å². The summed E-state index contributed by atoms with van der Waals surface area (Å²) in [5.74, 6) is 1.54. The summed E-state index contributed by atoms with van der Waals surface area (Å²) in [5.41, 5.74) is 3.60. The van der Waals surface area contributed by atoms with Crippen LogP contribution in [0.2, 0.25) is 0 Å². The van der Waals surface area contributed by atoms with Gasteiger partial charge in [0.2, 0.25) is 0 Å². The molecule has 0 aliphatic heterocycles. The van der Waals surface area contributed by atoms with Gasteiger partial charge in [0.15, 0.2) is 17.3 Å². The van der Waals surface area contributed by atoms with Crippen LogP contribution in [0.3, 0.4) is 0 Å². The van der Waals surface area contributed by atoms with Crippen molar-refractivity contribution in [1.82, 2.24) is 15.2 Å². The Morgan fingerprint density at radius 2 is 2.11 bits per heavy atom. The summed E-state index contributed by atoms with van der Waals surface area (Å²) in [7, 11) is 3.91. The standard InChI is InChI=1S/C13H13BrN4O/c1-7-15-9-6-8(4-5-10(9)19-7)12-11(14)13(17-16-12)18(2)3/h4-6H,1-3H3,(H,16,17). The summed E-state index contributed by atoms with van der Waals surface area (Å²) in [6.45, 7) is 1.84. The molecule has 3 aromatic rings. The minimum atomic E-state index is 0.671. The zero-order valence-corrected chi connectivity index (χ0v) is 12.4. The van der Waals surface area contributed by atoms with Crippen LogP contribution in [-0.2, 0) is 0 Å². The van der Waals surface area contributed by atoms with Crippen LogP contribution in [0, 0.1) is 6.92 Å². The molecule has 6 heteroatoms. The lowest BCUT2D eigenvalue weighted by Gasteiger charge is -2.08. The fraction of sp³-hybridized carbons (Fsp3) is 0.231. The lowest BCUT2D eigenvalue weighted by molar-refractivity contribution is 0.561. The zero-order chi connectivity index (χ0) is 13.6. The Labute approximate surface area is 118 Å². The van der Waals surface area contributed by atoms with E-state index in [2.05, 4.69) is 31.1 Å². The van der Waals surface area contributed by atoms with Crippen molar-refractivity contribution in [3.8, 4) is 11.3 Å². The van der Waals surface area contributed by atoms with Gasteiger partial charge in [0.05, 0.1) is 10.2 Å². The molecule has 1 N–H and O–H groups in total. The van der Waals surface area contributed by atoms with E-state index in [1.54, 1.807) is 0 Å². The molecule has 0 unspecified atom stereocenters. The Balaban J connectivity index is 2.13. The zero-order valence-electron chi connectivity index (χ0n) is 10.9. The molecule has 0 aliphatic carbocycles. The number of aryl methyl sites for hydroxylation is 1. The van der Waals surface area contributed by atoms with Crippen molar-refractivity contribution >= 4 is 32.8 Å². The first-order valence-corrected chi connectivity index (χ1v) is 6.64. The molecule has 3 rings (SSSR count). The van der Waals surface area contributed by atoms with E-state index in [1.165, 1.54) is 0 Å². The first-order valence-electron chi connectivity index (χ1n) is 5.85. The number of benzene rings is 1. The van der Waals surface area contributed by atoms with E-state index >= 15 is 0 Å². The maximum Gasteiger partial charge on any atom is 0.192 e. The highest BCUT2D eigenvalue weighted by atomic mass is 79.9. The van der Waals surface area contributed by atoms with E-state index in [1.807, 2.05) is 44.1 Å². The van der Waals surface area contributed by atoms with E-state index in [0.29, 0.717) is 5.89 Å². The first kappa shape index (κ1) is 12.2. The van der Waals surface area contributed by atoms with Crippen molar-refractivity contribution in [2.75, 3.05) is 19.0 Å². The summed E-state index contributed by atoms with van der Waals surface area (Å²) in [5, 5.41) is 7.33. The van der Waals surface area contributed by atoms with Gasteiger partial charge in [0.25, 0.3) is 0 Å². The van der Waals surface area contributed by atoms with Crippen molar-refractivity contribution in [2.24, 2.45) is 0 Å². The number of aromatic nitrogens is 3. The molecule has 5 nitrogen and oxygen atoms in total. The minimum Gasteiger partial charge on any atom is -0.441 e. The van der Waals surface area contributed by atoms with Gasteiger partial charge in [-0.15, -0.1) is 0 Å². The van der Waals surface area contributed by atoms with Gasteiger partial charge < -0.3 is 9.32 Å². The highest BCUT2D eigenvalue weighted by Gasteiger charge is 2.14. The van der Waals surface area contributed by atoms with Crippen LogP contribution in [0.25, 0.3) is 22.4 Å². The van der Waals surface area contributed by atoms with Crippen molar-refractivity contribution in [3.63, 3.8) is 0 Å². The van der Waals surface area contributed by atoms with Gasteiger partial charge in [0, 0.05) is 26.6 Å². The quantitative estimate of drug-likeness (QED) is 0.786. The molecule has 0 radical (unpaired) electrons. The molecule has 0 spiro atoms. The lowest BCUT2D eigenvalue weighted by atomic mass is 10.1. The molecule has 98 valence electrons. The predicted molar refractivity (Wildman–Crippen MR) is 78.4 cm³/mol. The van der Waals surface area contributed by atoms with E-state index in [4.69, 9.17) is 4.42 Å². The van der Waals surface area contributed by atoms with Crippen LogP contribution >= 0.6 is 15.9 Å². The van der Waals surface area contributed by atoms with Gasteiger partial charge in [-0.1, -0.05) is 0 Å². The van der Waals surface area contributed by atoms with E-state index in [0.717, 1.165) is 32.6 Å². The molecule has 0 amide bonds. The van der Waals surface area contributed by atoms with Gasteiger partial charge in [-0.3, -0.25) is 5.10 Å². The van der Waals surface area contributed by atoms with Crippen LogP contribution in [0.15, 0.2) is 27.1 Å². The SMILES string of the molecule is Cc1nc2cc(-c3[nH]nc(N(C)C)c3Br)ccc2o1. The molecule has 0 bridgehead atoms. The smallest absolute Gasteiger partial charge is 0.192 e. The number of fused-ring (bicyclic) bond motifs is 1. The highest BCUT2D eigenvalue weighted by Crippen LogP contribution is 2.34. The van der Waals surface area contributed by atoms with Gasteiger partial charge in [-0.05, 0) is 34.1 Å². The summed E-state index contributed by atoms with van der Waals surface area (Å²) >= 11 is 3.58. The molecule has 19 heavy (non-hydrogen) atoms. The van der Waals surface area contributed by atoms with Crippen LogP contribution in [-0.4, -0.2) is 29.3 Å². The molecule has 2 aromatic heterocycles. The number of nitrogens with zero attached hydrogens (tertiary/aromatic N) is 3. The number of halogens is 1. The molecule has 0 atom stereocenters. The molecular weight excluding hydrogens is 308 g/mol. The fourth-order valence-corrected chi connectivity index (χ4v) is 2.77. The third kappa shape index (κ3) is 2.02. The van der Waals surface area contributed by atoms with Gasteiger partial charge in [0.1, 0.15) is 5.52 Å². The molecule has 1 aromatic carbocycles. The molecular formula is C13H13BrN4O. The third-order valence-corrected chi connectivity index (χ3v) is 3.65. The van der Waals surface area contributed by atoms with E-state index in [9.17, 15) is 0 Å². The number of hydrogen-bond acceptors (Lipinski definition) is 4. The topological polar surface area (TPSA) is 58.0 Å². The highest BCUT2D eigenvalue weighted by molar-refractivity contribution is 9.10. The number of rotatable bonds is 2. The Morgan fingerprint density at radius 1 is 1.32 bits per heavy atom. The van der Waals surface area contributed by atoms with E-state index in [-0.39, 0.29) is 0 Å². The van der Waals surface area contributed by atoms with Crippen molar-refractivity contribution < 1.29 is 4.42 Å². The number of hydrogen-bond donors (Lipinski definition) is 1. The summed E-state index contributed by atoms with van der Waals surface area (Å²) in [6.07, 6.45) is 0. The molecule has 0 aliphatic rings. The maximum absolute atomic E-state index is 5.48. The normalized spacial score (nSPS) is 11.2. The van der Waals surface area contributed by atoms with Crippen LogP contribution in [0.4, 0.5) is 5.82 Å². The van der Waals surface area contributed by atoms with Crippen molar-refractivity contribution in [2.45, 2.75) is 6.92 Å². The number of aromatic amines is 1. The number of oxazole rings is 1. The Morgan fingerprint density at radius 3 is 2.79 bits per heavy atom. The Hall–Kier alpha value is -1.82. The Kier molecular flexibility index (Phi) is 2.82. The van der Waals surface area contributed by atoms with Crippen LogP contribution < -0.4 is 4.90 Å². The third-order valence-electron chi connectivity index (χ3n) is 2.90. The second-order valence-corrected chi connectivity index (χ2v) is 5.34. The summed E-state index contributed by atoms with van der Waals surface area (Å²) < 4.78 is 6.42. The number of nitrogens with one attached hydrogen (secondary N) is 1. The van der Waals surface area contributed by atoms with Gasteiger partial charge in [-0.2, -0.15) is 5.10 Å². The molecule has 0 saturated carbocycles. The average Bonchev–Trinajstić information content (AvgIpc) is 2.89. The molecule has 0 saturated heterocycles. The summed E-state index contributed by atoms with van der Waals surface area (Å²) in [6, 6.07) is 5.90. The summed E-state index contributed by atoms with van der Waals surface area (Å²) in [4.78, 5) is 6.29. The lowest BCUT2D eigenvalue weighted by Crippen LogP contribution is -2.09. The fourth-order valence-electron chi connectivity index (χ4n) is 2.00. The first-order chi connectivity index (χ1) is 9.06. The maximum atomic E-state index is 5.48. The van der Waals surface area contributed by atoms with Crippen molar-refractivity contribution in [3.05, 3.63) is 28.6 Å². The largest absolute Gasteiger partial charge is 0.441 e. The number of anilines is 1. The predicted octanol–water partition coefficient (Wildman–Crippen LogP) is 3.35. The van der Waals surface area contributed by atoms with Gasteiger partial charge >= 0.3 is 0 Å². The van der Waals surface area contributed by atoms with E-state index < -0.39 is 0 Å². The average molecular weight is 321 g/mol.